The molecule has 1 rings (SSSR count). The fourth-order valence-electron chi connectivity index (χ4n) is 2.72. The highest BCUT2D eigenvalue weighted by Crippen LogP contribution is 2.27. The van der Waals surface area contributed by atoms with Crippen molar-refractivity contribution in [1.82, 2.24) is 19.7 Å². The summed E-state index contributed by atoms with van der Waals surface area (Å²) in [5, 5.41) is 14.7. The van der Waals surface area contributed by atoms with Gasteiger partial charge in [-0.1, -0.05) is 13.8 Å². The Balaban J connectivity index is 2.88. The average molecular weight is 254 g/mol. The van der Waals surface area contributed by atoms with Crippen LogP contribution in [0.3, 0.4) is 0 Å². The van der Waals surface area contributed by atoms with E-state index in [0.717, 1.165) is 25.2 Å². The van der Waals surface area contributed by atoms with Crippen molar-refractivity contribution in [3.8, 4) is 0 Å². The van der Waals surface area contributed by atoms with Gasteiger partial charge < -0.3 is 10.0 Å². The van der Waals surface area contributed by atoms with Crippen LogP contribution in [-0.2, 0) is 13.0 Å². The summed E-state index contributed by atoms with van der Waals surface area (Å²) in [4.78, 5) is 6.37. The second-order valence-corrected chi connectivity index (χ2v) is 4.92. The molecule has 0 saturated carbocycles. The summed E-state index contributed by atoms with van der Waals surface area (Å²) < 4.78 is 1.84. The first-order valence-corrected chi connectivity index (χ1v) is 6.73. The fraction of sp³-hybridized carbons (Fsp3) is 0.846. The second kappa shape index (κ2) is 6.29. The Morgan fingerprint density at radius 1 is 1.33 bits per heavy atom. The number of rotatable bonds is 7. The van der Waals surface area contributed by atoms with Crippen molar-refractivity contribution in [3.63, 3.8) is 0 Å². The summed E-state index contributed by atoms with van der Waals surface area (Å²) in [5.41, 5.74) is -0.190. The monoisotopic (exact) mass is 254 g/mol. The molecule has 1 aromatic heterocycles. The minimum absolute atomic E-state index is 0.190. The second-order valence-electron chi connectivity index (χ2n) is 4.92. The first-order chi connectivity index (χ1) is 8.51. The van der Waals surface area contributed by atoms with Crippen molar-refractivity contribution in [2.75, 3.05) is 14.1 Å². The lowest BCUT2D eigenvalue weighted by molar-refractivity contribution is -0.0141. The molecule has 0 aliphatic carbocycles. The van der Waals surface area contributed by atoms with Crippen LogP contribution in [0, 0.1) is 0 Å². The largest absolute Gasteiger partial charge is 0.391 e. The highest BCUT2D eigenvalue weighted by Gasteiger charge is 2.37. The van der Waals surface area contributed by atoms with Gasteiger partial charge in [-0.15, -0.1) is 0 Å². The van der Waals surface area contributed by atoms with Crippen molar-refractivity contribution in [3.05, 3.63) is 12.2 Å². The third-order valence-corrected chi connectivity index (χ3v) is 4.11. The molecule has 0 aliphatic heterocycles. The number of aliphatic hydroxyl groups is 1. The quantitative estimate of drug-likeness (QED) is 0.797. The maximum absolute atomic E-state index is 10.6. The molecule has 0 saturated heterocycles. The van der Waals surface area contributed by atoms with Gasteiger partial charge in [-0.2, -0.15) is 5.10 Å². The molecule has 0 amide bonds. The molecule has 1 unspecified atom stereocenters. The molecule has 1 aromatic rings. The Labute approximate surface area is 110 Å². The molecule has 5 nitrogen and oxygen atoms in total. The van der Waals surface area contributed by atoms with E-state index in [1.54, 1.807) is 6.33 Å². The van der Waals surface area contributed by atoms with Crippen molar-refractivity contribution in [2.24, 2.45) is 0 Å². The Hall–Kier alpha value is -0.940. The molecule has 0 radical (unpaired) electrons. The van der Waals surface area contributed by atoms with Crippen LogP contribution in [0.4, 0.5) is 0 Å². The lowest BCUT2D eigenvalue weighted by Crippen LogP contribution is -2.53. The molecule has 0 aliphatic rings. The molecule has 5 heteroatoms. The standard InChI is InChI=1S/C13H26N4O/c1-6-13(7-2,16(4)5)11(18)9-12-14-10-15-17(12)8-3/h10-11,18H,6-9H2,1-5H3. The maximum atomic E-state index is 10.6. The minimum atomic E-state index is -0.433. The molecule has 104 valence electrons. The predicted molar refractivity (Wildman–Crippen MR) is 72.4 cm³/mol. The smallest absolute Gasteiger partial charge is 0.138 e. The normalized spacial score (nSPS) is 14.2. The van der Waals surface area contributed by atoms with Gasteiger partial charge in [0.2, 0.25) is 0 Å². The summed E-state index contributed by atoms with van der Waals surface area (Å²) in [6.45, 7) is 7.06. The molecule has 0 fully saturated rings. The molecular weight excluding hydrogens is 228 g/mol. The van der Waals surface area contributed by atoms with E-state index in [1.807, 2.05) is 25.7 Å². The molecule has 0 aromatic carbocycles. The van der Waals surface area contributed by atoms with E-state index in [2.05, 4.69) is 28.8 Å². The SMILES string of the molecule is CCn1ncnc1CC(O)C(CC)(CC)N(C)C. The summed E-state index contributed by atoms with van der Waals surface area (Å²) >= 11 is 0. The van der Waals surface area contributed by atoms with Gasteiger partial charge in [0.25, 0.3) is 0 Å². The Bertz CT molecular complexity index is 358. The van der Waals surface area contributed by atoms with Crippen LogP contribution in [0.25, 0.3) is 0 Å². The molecule has 1 N–H and O–H groups in total. The number of likely N-dealkylation sites (N-methyl/N-ethyl adjacent to an activating group) is 1. The van der Waals surface area contributed by atoms with E-state index in [9.17, 15) is 5.11 Å². The third kappa shape index (κ3) is 2.72. The van der Waals surface area contributed by atoms with Crippen LogP contribution in [0.2, 0.25) is 0 Å². The van der Waals surface area contributed by atoms with E-state index in [4.69, 9.17) is 0 Å². The molecule has 18 heavy (non-hydrogen) atoms. The zero-order valence-corrected chi connectivity index (χ0v) is 12.2. The van der Waals surface area contributed by atoms with Gasteiger partial charge in [-0.25, -0.2) is 4.98 Å². The van der Waals surface area contributed by atoms with Crippen LogP contribution in [0.5, 0.6) is 0 Å². The van der Waals surface area contributed by atoms with Gasteiger partial charge in [0.05, 0.1) is 6.10 Å². The Morgan fingerprint density at radius 2 is 1.94 bits per heavy atom. The summed E-state index contributed by atoms with van der Waals surface area (Å²) in [7, 11) is 4.06. The van der Waals surface area contributed by atoms with E-state index >= 15 is 0 Å². The van der Waals surface area contributed by atoms with E-state index in [1.165, 1.54) is 0 Å². The number of aromatic nitrogens is 3. The number of hydrogen-bond donors (Lipinski definition) is 1. The summed E-state index contributed by atoms with van der Waals surface area (Å²) in [6, 6.07) is 0. The van der Waals surface area contributed by atoms with E-state index < -0.39 is 6.10 Å². The predicted octanol–water partition coefficient (Wildman–Crippen LogP) is 1.32. The Morgan fingerprint density at radius 3 is 2.39 bits per heavy atom. The summed E-state index contributed by atoms with van der Waals surface area (Å²) in [5.74, 6) is 0.859. The number of nitrogens with zero attached hydrogens (tertiary/aromatic N) is 4. The zero-order chi connectivity index (χ0) is 13.8. The first kappa shape index (κ1) is 15.1. The first-order valence-electron chi connectivity index (χ1n) is 6.73. The maximum Gasteiger partial charge on any atom is 0.138 e. The van der Waals surface area contributed by atoms with Gasteiger partial charge >= 0.3 is 0 Å². The minimum Gasteiger partial charge on any atom is -0.391 e. The number of hydrogen-bond acceptors (Lipinski definition) is 4. The van der Waals surface area contributed by atoms with Gasteiger partial charge in [0.15, 0.2) is 0 Å². The van der Waals surface area contributed by atoms with E-state index in [0.29, 0.717) is 6.42 Å². The van der Waals surface area contributed by atoms with Gasteiger partial charge in [-0.3, -0.25) is 4.68 Å². The topological polar surface area (TPSA) is 54.2 Å². The lowest BCUT2D eigenvalue weighted by atomic mass is 9.83. The van der Waals surface area contributed by atoms with Crippen LogP contribution < -0.4 is 0 Å². The third-order valence-electron chi connectivity index (χ3n) is 4.11. The molecule has 1 heterocycles. The molecule has 1 atom stereocenters. The summed E-state index contributed by atoms with van der Waals surface area (Å²) in [6.07, 6.45) is 3.50. The van der Waals surface area contributed by atoms with Crippen molar-refractivity contribution in [2.45, 2.75) is 58.2 Å². The van der Waals surface area contributed by atoms with Gasteiger partial charge in [0.1, 0.15) is 12.2 Å². The fourth-order valence-corrected chi connectivity index (χ4v) is 2.72. The van der Waals surface area contributed by atoms with Crippen LogP contribution in [0.1, 0.15) is 39.4 Å². The molecular formula is C13H26N4O. The van der Waals surface area contributed by atoms with Crippen molar-refractivity contribution < 1.29 is 5.11 Å². The molecule has 0 spiro atoms. The van der Waals surface area contributed by atoms with Gasteiger partial charge in [-0.05, 0) is 33.9 Å². The Kier molecular flexibility index (Phi) is 5.28. The highest BCUT2D eigenvalue weighted by atomic mass is 16.3. The van der Waals surface area contributed by atoms with Crippen molar-refractivity contribution >= 4 is 0 Å². The number of aryl methyl sites for hydroxylation is 1. The average Bonchev–Trinajstić information content (AvgIpc) is 2.78. The van der Waals surface area contributed by atoms with Gasteiger partial charge in [0, 0.05) is 18.5 Å². The van der Waals surface area contributed by atoms with Crippen LogP contribution in [-0.4, -0.2) is 50.5 Å². The zero-order valence-electron chi connectivity index (χ0n) is 12.2. The highest BCUT2D eigenvalue weighted by molar-refractivity contribution is 4.99. The lowest BCUT2D eigenvalue weighted by Gasteiger charge is -2.42. The van der Waals surface area contributed by atoms with Crippen molar-refractivity contribution in [1.29, 1.82) is 0 Å². The van der Waals surface area contributed by atoms with E-state index in [-0.39, 0.29) is 5.54 Å². The van der Waals surface area contributed by atoms with Crippen LogP contribution >= 0.6 is 0 Å². The van der Waals surface area contributed by atoms with Crippen LogP contribution in [0.15, 0.2) is 6.33 Å². The molecule has 0 bridgehead atoms. The number of aliphatic hydroxyl groups excluding tert-OH is 1.